The zero-order valence-electron chi connectivity index (χ0n) is 57.1. The third kappa shape index (κ3) is 18.3. The van der Waals surface area contributed by atoms with E-state index >= 15 is 0 Å². The van der Waals surface area contributed by atoms with Crippen LogP contribution in [0.4, 0.5) is 27.0 Å². The number of nitrogens with zero attached hydrogens (tertiary/aromatic N) is 11. The number of aromatic nitrogens is 9. The lowest BCUT2D eigenvalue weighted by atomic mass is 9.93. The second-order valence-electron chi connectivity index (χ2n) is 27.4. The Morgan fingerprint density at radius 3 is 1.27 bits per heavy atom. The number of amides is 5. The Labute approximate surface area is 617 Å². The molecule has 3 fully saturated rings. The number of hydrogen-bond acceptors (Lipinski definition) is 14. The summed E-state index contributed by atoms with van der Waals surface area (Å²) in [5.41, 5.74) is 12.0. The molecule has 0 atom stereocenters. The van der Waals surface area contributed by atoms with Crippen LogP contribution in [0, 0.1) is 17.8 Å². The number of hydrogen-bond donors (Lipinski definition) is 4. The average Bonchev–Trinajstić information content (AvgIpc) is 1.54. The summed E-state index contributed by atoms with van der Waals surface area (Å²) in [4.78, 5) is 95.4. The van der Waals surface area contributed by atoms with Crippen LogP contribution in [-0.2, 0) is 28.7 Å². The number of nitrogens with one attached hydrogen (secondary N) is 3. The zero-order valence-corrected chi connectivity index (χ0v) is 62.4. The number of carbonyl (C=O) groups is 5. The Balaban J connectivity index is 0.000000176. The van der Waals surface area contributed by atoms with Crippen LogP contribution in [0.2, 0.25) is 35.3 Å². The number of fused-ring (bicyclic) bond motifs is 3. The average molecular weight is 1510 g/mol. The van der Waals surface area contributed by atoms with Crippen LogP contribution in [-0.4, -0.2) is 139 Å². The molecule has 0 aliphatic carbocycles. The monoisotopic (exact) mass is 1500 g/mol. The molecule has 3 saturated heterocycles. The van der Waals surface area contributed by atoms with Gasteiger partial charge >= 0.3 is 12.2 Å². The second-order valence-corrected chi connectivity index (χ2v) is 30.1. The van der Waals surface area contributed by atoms with Gasteiger partial charge in [0, 0.05) is 79.5 Å². The first-order valence-corrected chi connectivity index (χ1v) is 35.1. The van der Waals surface area contributed by atoms with Gasteiger partial charge in [-0.25, -0.2) is 39.5 Å². The Bertz CT molecular complexity index is 4510. The lowest BCUT2D eigenvalue weighted by Crippen LogP contribution is -2.42. The van der Waals surface area contributed by atoms with Crippen molar-refractivity contribution in [3.8, 4) is 11.6 Å². The minimum absolute atomic E-state index is 0. The van der Waals surface area contributed by atoms with E-state index in [2.05, 4.69) is 87.1 Å². The highest BCUT2D eigenvalue weighted by atomic mass is 35.5. The van der Waals surface area contributed by atoms with Crippen LogP contribution < -0.4 is 16.4 Å². The summed E-state index contributed by atoms with van der Waals surface area (Å²) >= 11 is 44.2. The number of rotatable bonds is 13. The van der Waals surface area contributed by atoms with E-state index in [1.54, 1.807) is 52.2 Å². The summed E-state index contributed by atoms with van der Waals surface area (Å²) in [7, 11) is 0. The number of benzene rings is 3. The number of anilines is 3. The van der Waals surface area contributed by atoms with Gasteiger partial charge in [0.2, 0.25) is 0 Å². The SMILES string of the molecule is C.CC(C)(C)OC(=O)Nc1ncnc(Cl)c1Cl.CC(C)Cc1c(C(=O)N2CCC2)c(Cl)cc2[nH]ccc12.CC(C)Cc1c(C(=O)N2CCC2)c(Cl)cc2c1ccn2-c1ncnc(N)c1Cl.CC(C)Cc1c(C(=O)N2CCC2)c(Cl)cc2c1ccn2-c1ncnc(NC(=O)OC(C)(C)C)c1Cl. The molecule has 0 spiro atoms. The van der Waals surface area contributed by atoms with Gasteiger partial charge in [0.25, 0.3) is 17.7 Å². The maximum absolute atomic E-state index is 13.2. The summed E-state index contributed by atoms with van der Waals surface area (Å²) in [5, 5.41) is 9.93. The van der Waals surface area contributed by atoms with Crippen molar-refractivity contribution < 1.29 is 33.4 Å². The number of likely N-dealkylation sites (tertiary alicyclic amines) is 3. The van der Waals surface area contributed by atoms with Crippen molar-refractivity contribution in [1.29, 1.82) is 0 Å². The predicted octanol–water partition coefficient (Wildman–Crippen LogP) is 18.1. The zero-order chi connectivity index (χ0) is 72.1. The standard InChI is InChI=1S/C25H29Cl2N5O3.C20H21Cl2N5O.C16H19ClN2O.C9H11Cl2N3O2.CH4/c1-14(2)11-16-15-7-10-32(18(15)12-17(26)19(16)23(33)31-8-6-9-31)22-20(27)21(28-13-29-22)30-24(34)35-25(3,4)5;1-11(2)8-13-12-4-7-27(19-17(22)18(23)24-10-25-19)15(12)9-14(21)16(13)20(28)26-5-3-6-26;1-10(2)8-12-11-4-5-18-14(11)9-13(17)15(12)16(20)19-6-3-7-19;1-9(2,3)16-8(15)14-7-5(10)6(11)12-4-13-7;/h7,10,12-14H,6,8-9,11H2,1-5H3,(H,28,29,30,34);4,7,9-11H,3,5-6,8H2,1-2H3,(H2,23,24,25);4-5,9-10,18H,3,6-8H2,1-2H3;4H,1-3H3,(H,12,13,14,15);1H4. The predicted molar refractivity (Wildman–Crippen MR) is 401 cm³/mol. The van der Waals surface area contributed by atoms with Crippen molar-refractivity contribution in [3.63, 3.8) is 0 Å². The minimum Gasteiger partial charge on any atom is -0.444 e. The Hall–Kier alpha value is -7.70. The van der Waals surface area contributed by atoms with Crippen LogP contribution in [0.3, 0.4) is 0 Å². The van der Waals surface area contributed by atoms with Gasteiger partial charge in [-0.15, -0.1) is 0 Å². The number of nitrogens with two attached hydrogens (primary N) is 1. The first-order valence-electron chi connectivity index (χ1n) is 32.5. The van der Waals surface area contributed by atoms with E-state index in [0.29, 0.717) is 67.6 Å². The van der Waals surface area contributed by atoms with E-state index in [9.17, 15) is 24.0 Å². The third-order valence-electron chi connectivity index (χ3n) is 15.9. The molecule has 534 valence electrons. The molecule has 3 aliphatic heterocycles. The quantitative estimate of drug-likeness (QED) is 0.0782. The molecule has 22 nitrogen and oxygen atoms in total. The molecule has 0 unspecified atom stereocenters. The van der Waals surface area contributed by atoms with E-state index in [-0.39, 0.29) is 62.8 Å². The van der Waals surface area contributed by atoms with E-state index in [1.807, 2.05) is 68.2 Å². The smallest absolute Gasteiger partial charge is 0.413 e. The van der Waals surface area contributed by atoms with E-state index in [4.69, 9.17) is 96.4 Å². The molecule has 9 heterocycles. The molecule has 3 aliphatic rings. The maximum atomic E-state index is 13.2. The fourth-order valence-corrected chi connectivity index (χ4v) is 12.8. The molecule has 0 bridgehead atoms. The van der Waals surface area contributed by atoms with Crippen molar-refractivity contribution >= 4 is 161 Å². The van der Waals surface area contributed by atoms with Gasteiger partial charge in [-0.3, -0.25) is 34.2 Å². The van der Waals surface area contributed by atoms with Crippen molar-refractivity contribution in [2.75, 3.05) is 55.6 Å². The maximum Gasteiger partial charge on any atom is 0.413 e. The summed E-state index contributed by atoms with van der Waals surface area (Å²) in [6, 6.07) is 11.4. The van der Waals surface area contributed by atoms with Gasteiger partial charge in [0.05, 0.1) is 42.8 Å². The second kappa shape index (κ2) is 33.0. The van der Waals surface area contributed by atoms with Crippen molar-refractivity contribution in [2.24, 2.45) is 17.8 Å². The van der Waals surface area contributed by atoms with Gasteiger partial charge in [-0.2, -0.15) is 0 Å². The topological polar surface area (TPSA) is 267 Å². The van der Waals surface area contributed by atoms with Crippen molar-refractivity contribution in [2.45, 2.75) is 140 Å². The Morgan fingerprint density at radius 2 is 0.880 bits per heavy atom. The number of nitrogen functional groups attached to an aromatic ring is 1. The molecular weight excluding hydrogens is 1420 g/mol. The lowest BCUT2D eigenvalue weighted by Gasteiger charge is -2.32. The molecule has 100 heavy (non-hydrogen) atoms. The Kier molecular flexibility index (Phi) is 25.7. The first kappa shape index (κ1) is 78.0. The van der Waals surface area contributed by atoms with Gasteiger partial charge in [0.1, 0.15) is 51.1 Å². The lowest BCUT2D eigenvalue weighted by molar-refractivity contribution is 0.0624. The largest absolute Gasteiger partial charge is 0.444 e. The van der Waals surface area contributed by atoms with Gasteiger partial charge < -0.3 is 34.9 Å². The van der Waals surface area contributed by atoms with Gasteiger partial charge in [-0.05, 0) is 151 Å². The highest BCUT2D eigenvalue weighted by molar-refractivity contribution is 6.43. The molecule has 5 amide bonds. The number of halogens is 7. The fraction of sp³-hybridized carbons (Fsp3) is 0.423. The molecule has 0 radical (unpaired) electrons. The summed E-state index contributed by atoms with van der Waals surface area (Å²) in [5.74, 6) is 2.54. The molecule has 5 N–H and O–H groups in total. The van der Waals surface area contributed by atoms with Crippen LogP contribution in [0.25, 0.3) is 44.3 Å². The van der Waals surface area contributed by atoms with Gasteiger partial charge in [0.15, 0.2) is 28.4 Å². The summed E-state index contributed by atoms with van der Waals surface area (Å²) in [6.07, 6.45) is 13.6. The van der Waals surface area contributed by atoms with E-state index in [0.717, 1.165) is 121 Å². The van der Waals surface area contributed by atoms with E-state index in [1.165, 1.54) is 19.0 Å². The minimum atomic E-state index is -0.669. The normalized spacial score (nSPS) is 13.5. The van der Waals surface area contributed by atoms with E-state index < -0.39 is 23.4 Å². The molecule has 6 aromatic heterocycles. The first-order chi connectivity index (χ1) is 46.7. The van der Waals surface area contributed by atoms with Crippen molar-refractivity contribution in [1.82, 2.24) is 58.7 Å². The number of aromatic amines is 1. The molecule has 9 aromatic rings. The highest BCUT2D eigenvalue weighted by Crippen LogP contribution is 2.40. The highest BCUT2D eigenvalue weighted by Gasteiger charge is 2.32. The van der Waals surface area contributed by atoms with Crippen LogP contribution in [0.15, 0.2) is 74.0 Å². The van der Waals surface area contributed by atoms with Gasteiger partial charge in [-0.1, -0.05) is 130 Å². The molecule has 0 saturated carbocycles. The summed E-state index contributed by atoms with van der Waals surface area (Å²) < 4.78 is 14.0. The van der Waals surface area contributed by atoms with Crippen LogP contribution >= 0.6 is 81.2 Å². The number of H-pyrrole nitrogens is 1. The van der Waals surface area contributed by atoms with Crippen LogP contribution in [0.5, 0.6) is 0 Å². The molecule has 3 aromatic carbocycles. The molecular formula is C71H84Cl7N15O7. The number of carbonyl (C=O) groups excluding carboxylic acids is 5. The molecule has 29 heteroatoms. The fourth-order valence-electron chi connectivity index (χ4n) is 11.2. The van der Waals surface area contributed by atoms with Crippen molar-refractivity contribution in [3.05, 3.63) is 143 Å². The Morgan fingerprint density at radius 1 is 0.510 bits per heavy atom. The van der Waals surface area contributed by atoms with Crippen LogP contribution in [0.1, 0.15) is 158 Å². The molecule has 12 rings (SSSR count). The number of ether oxygens (including phenoxy) is 2. The third-order valence-corrected chi connectivity index (χ3v) is 18.3. The summed E-state index contributed by atoms with van der Waals surface area (Å²) in [6.45, 7) is 28.1.